The number of nitrogens with zero attached hydrogens (tertiary/aromatic N) is 1. The Balaban J connectivity index is 0.00000225. The van der Waals surface area contributed by atoms with E-state index in [4.69, 9.17) is 4.74 Å². The molecule has 3 nitrogen and oxygen atoms in total. The Bertz CT molecular complexity index is 795. The van der Waals surface area contributed by atoms with Crippen LogP contribution < -0.4 is 9.64 Å². The fourth-order valence-corrected chi connectivity index (χ4v) is 3.81. The van der Waals surface area contributed by atoms with Crippen LogP contribution in [0.4, 0.5) is 5.69 Å². The second-order valence-electron chi connectivity index (χ2n) is 7.59. The van der Waals surface area contributed by atoms with Crippen molar-refractivity contribution in [3.05, 3.63) is 52.1 Å². The van der Waals surface area contributed by atoms with Gasteiger partial charge >= 0.3 is 0 Å². The molecule has 0 radical (unpaired) electrons. The fourth-order valence-electron chi connectivity index (χ4n) is 3.81. The molecule has 2 aromatic carbocycles. The van der Waals surface area contributed by atoms with Gasteiger partial charge in [0.25, 0.3) is 0 Å². The molecule has 3 rings (SSSR count). The number of anilines is 1. The number of benzene rings is 2. The Morgan fingerprint density at radius 2 is 1.52 bits per heavy atom. The number of halogens is 1. The fraction of sp³-hybridized carbons (Fsp3) is 0.429. The second-order valence-corrected chi connectivity index (χ2v) is 7.59. The van der Waals surface area contributed by atoms with Crippen molar-refractivity contribution in [3.63, 3.8) is 0 Å². The molecule has 0 aliphatic carbocycles. The molecule has 0 aromatic heterocycles. The third kappa shape index (κ3) is 2.95. The number of hydrogen-bond acceptors (Lipinski definition) is 3. The molecule has 25 heavy (non-hydrogen) atoms. The third-order valence-corrected chi connectivity index (χ3v) is 5.35. The highest BCUT2D eigenvalue weighted by Crippen LogP contribution is 2.53. The van der Waals surface area contributed by atoms with E-state index in [0.717, 1.165) is 28.0 Å². The highest BCUT2D eigenvalue weighted by molar-refractivity contribution is 5.85. The normalized spacial score (nSPS) is 17.5. The molecule has 0 saturated heterocycles. The average Bonchev–Trinajstić information content (AvgIpc) is 2.82. The first-order valence-electron chi connectivity index (χ1n) is 8.44. The van der Waals surface area contributed by atoms with Crippen LogP contribution in [0.1, 0.15) is 47.6 Å². The van der Waals surface area contributed by atoms with Gasteiger partial charge in [-0.1, -0.05) is 12.1 Å². The van der Waals surface area contributed by atoms with Crippen molar-refractivity contribution in [2.45, 2.75) is 46.1 Å². The van der Waals surface area contributed by atoms with E-state index in [1.165, 1.54) is 11.3 Å². The zero-order chi connectivity index (χ0) is 17.8. The molecule has 0 amide bonds. The Morgan fingerprint density at radius 1 is 0.960 bits per heavy atom. The largest absolute Gasteiger partial charge is 0.507 e. The number of phenols is 1. The van der Waals surface area contributed by atoms with Crippen molar-refractivity contribution in [1.82, 2.24) is 0 Å². The standard InChI is InChI=1S/C21H27NO2.ClH/c1-12-13(2)20-17(14(3)19(12)23)18(21(4,5)24-20)15-8-10-16(11-9-15)22(6)7;/h8-11,18,23H,1-7H3;1H. The van der Waals surface area contributed by atoms with Crippen molar-refractivity contribution in [3.8, 4) is 11.5 Å². The smallest absolute Gasteiger partial charge is 0.127 e. The molecule has 1 aliphatic rings. The van der Waals surface area contributed by atoms with Crippen molar-refractivity contribution in [2.75, 3.05) is 19.0 Å². The molecule has 1 heterocycles. The van der Waals surface area contributed by atoms with Crippen LogP contribution in [-0.2, 0) is 0 Å². The van der Waals surface area contributed by atoms with Crippen LogP contribution >= 0.6 is 12.4 Å². The van der Waals surface area contributed by atoms with Gasteiger partial charge in [0.2, 0.25) is 0 Å². The number of phenolic OH excluding ortho intramolecular Hbond substituents is 1. The topological polar surface area (TPSA) is 32.7 Å². The monoisotopic (exact) mass is 361 g/mol. The van der Waals surface area contributed by atoms with E-state index in [1.807, 2.05) is 34.9 Å². The minimum absolute atomic E-state index is 0. The van der Waals surface area contributed by atoms with Gasteiger partial charge in [-0.2, -0.15) is 0 Å². The summed E-state index contributed by atoms with van der Waals surface area (Å²) in [5, 5.41) is 10.5. The van der Waals surface area contributed by atoms with Crippen LogP contribution in [0.3, 0.4) is 0 Å². The minimum Gasteiger partial charge on any atom is -0.507 e. The number of aromatic hydroxyl groups is 1. The quantitative estimate of drug-likeness (QED) is 0.806. The molecule has 0 saturated carbocycles. The van der Waals surface area contributed by atoms with E-state index >= 15 is 0 Å². The van der Waals surface area contributed by atoms with Crippen LogP contribution in [0.2, 0.25) is 0 Å². The predicted octanol–water partition coefficient (Wildman–Crippen LogP) is 5.11. The summed E-state index contributed by atoms with van der Waals surface area (Å²) < 4.78 is 6.36. The zero-order valence-corrected chi connectivity index (χ0v) is 16.9. The van der Waals surface area contributed by atoms with Gasteiger partial charge in [-0.25, -0.2) is 0 Å². The lowest BCUT2D eigenvalue weighted by Crippen LogP contribution is -2.31. The Labute approximate surface area is 157 Å². The molecule has 1 atom stereocenters. The van der Waals surface area contributed by atoms with Crippen LogP contribution in [-0.4, -0.2) is 24.8 Å². The van der Waals surface area contributed by atoms with Gasteiger partial charge in [0, 0.05) is 25.3 Å². The molecular weight excluding hydrogens is 334 g/mol. The Kier molecular flexibility index (Phi) is 5.02. The number of fused-ring (bicyclic) bond motifs is 1. The van der Waals surface area contributed by atoms with Crippen molar-refractivity contribution < 1.29 is 9.84 Å². The average molecular weight is 362 g/mol. The summed E-state index contributed by atoms with van der Waals surface area (Å²) in [6, 6.07) is 8.62. The molecule has 0 fully saturated rings. The van der Waals surface area contributed by atoms with Crippen LogP contribution in [0.25, 0.3) is 0 Å². The summed E-state index contributed by atoms with van der Waals surface area (Å²) in [6.45, 7) is 10.2. The maximum absolute atomic E-state index is 10.5. The molecule has 1 aliphatic heterocycles. The second kappa shape index (κ2) is 6.45. The van der Waals surface area contributed by atoms with Crippen molar-refractivity contribution in [1.29, 1.82) is 0 Å². The van der Waals surface area contributed by atoms with Crippen molar-refractivity contribution >= 4 is 18.1 Å². The van der Waals surface area contributed by atoms with Gasteiger partial charge in [0.1, 0.15) is 17.1 Å². The van der Waals surface area contributed by atoms with Crippen LogP contribution in [0, 0.1) is 20.8 Å². The Hall–Kier alpha value is -1.87. The van der Waals surface area contributed by atoms with E-state index in [0.29, 0.717) is 5.75 Å². The van der Waals surface area contributed by atoms with Crippen molar-refractivity contribution in [2.24, 2.45) is 0 Å². The van der Waals surface area contributed by atoms with E-state index < -0.39 is 0 Å². The summed E-state index contributed by atoms with van der Waals surface area (Å²) in [4.78, 5) is 2.10. The first-order valence-corrected chi connectivity index (χ1v) is 8.44. The SMILES string of the molecule is Cc1c(C)c2c(c(C)c1O)C(c1ccc(N(C)C)cc1)C(C)(C)O2.Cl. The van der Waals surface area contributed by atoms with Gasteiger partial charge in [-0.15, -0.1) is 12.4 Å². The molecule has 1 N–H and O–H groups in total. The Morgan fingerprint density at radius 3 is 2.04 bits per heavy atom. The number of rotatable bonds is 2. The predicted molar refractivity (Wildman–Crippen MR) is 107 cm³/mol. The lowest BCUT2D eigenvalue weighted by molar-refractivity contribution is 0.121. The maximum atomic E-state index is 10.5. The van der Waals surface area contributed by atoms with E-state index in [-0.39, 0.29) is 23.9 Å². The molecule has 4 heteroatoms. The minimum atomic E-state index is -0.349. The lowest BCUT2D eigenvalue weighted by Gasteiger charge is -2.27. The summed E-state index contributed by atoms with van der Waals surface area (Å²) in [5.74, 6) is 1.44. The van der Waals surface area contributed by atoms with Gasteiger partial charge < -0.3 is 14.7 Å². The van der Waals surface area contributed by atoms with Crippen LogP contribution in [0.5, 0.6) is 11.5 Å². The molecule has 0 spiro atoms. The zero-order valence-electron chi connectivity index (χ0n) is 16.1. The number of ether oxygens (including phenoxy) is 1. The lowest BCUT2D eigenvalue weighted by atomic mass is 9.78. The molecular formula is C21H28ClNO2. The molecule has 2 aromatic rings. The summed E-state index contributed by atoms with van der Waals surface area (Å²) in [7, 11) is 4.09. The highest BCUT2D eigenvalue weighted by atomic mass is 35.5. The van der Waals surface area contributed by atoms with Gasteiger partial charge in [-0.05, 0) is 69.0 Å². The number of hydrogen-bond donors (Lipinski definition) is 1. The van der Waals surface area contributed by atoms with E-state index in [9.17, 15) is 5.11 Å². The highest BCUT2D eigenvalue weighted by Gasteiger charge is 2.44. The van der Waals surface area contributed by atoms with Gasteiger partial charge in [0.15, 0.2) is 0 Å². The molecule has 0 bridgehead atoms. The first kappa shape index (κ1) is 19.5. The third-order valence-electron chi connectivity index (χ3n) is 5.35. The molecule has 1 unspecified atom stereocenters. The molecule has 136 valence electrons. The van der Waals surface area contributed by atoms with Gasteiger partial charge in [0.05, 0.1) is 5.92 Å². The van der Waals surface area contributed by atoms with Crippen LogP contribution in [0.15, 0.2) is 24.3 Å². The first-order chi connectivity index (χ1) is 11.1. The summed E-state index contributed by atoms with van der Waals surface area (Å²) in [5.41, 5.74) is 6.04. The van der Waals surface area contributed by atoms with E-state index in [2.05, 4.69) is 43.0 Å². The summed E-state index contributed by atoms with van der Waals surface area (Å²) in [6.07, 6.45) is 0. The maximum Gasteiger partial charge on any atom is 0.127 e. The summed E-state index contributed by atoms with van der Waals surface area (Å²) >= 11 is 0. The van der Waals surface area contributed by atoms with E-state index in [1.54, 1.807) is 0 Å². The van der Waals surface area contributed by atoms with Gasteiger partial charge in [-0.3, -0.25) is 0 Å².